The van der Waals surface area contributed by atoms with Crippen LogP contribution in [-0.4, -0.2) is 37.1 Å². The molecular weight excluding hydrogens is 485 g/mol. The van der Waals surface area contributed by atoms with E-state index in [-0.39, 0.29) is 0 Å². The Kier molecular flexibility index (Phi) is 7.02. The quantitative estimate of drug-likeness (QED) is 0.401. The Balaban J connectivity index is 1.29. The van der Waals surface area contributed by atoms with Crippen molar-refractivity contribution in [2.75, 3.05) is 36.7 Å². The van der Waals surface area contributed by atoms with Crippen LogP contribution in [0.1, 0.15) is 18.4 Å². The molecule has 1 saturated heterocycles. The van der Waals surface area contributed by atoms with Gasteiger partial charge in [-0.3, -0.25) is 10.3 Å². The molecule has 2 aliphatic heterocycles. The Bertz CT molecular complexity index is 1220. The monoisotopic (exact) mass is 510 g/mol. The summed E-state index contributed by atoms with van der Waals surface area (Å²) >= 11 is 12.8. The average Bonchev–Trinajstić information content (AvgIpc) is 3.35. The third-order valence-electron chi connectivity index (χ3n) is 6.17. The number of fused-ring (bicyclic) bond motifs is 1. The van der Waals surface area contributed by atoms with E-state index < -0.39 is 0 Å². The van der Waals surface area contributed by atoms with Gasteiger partial charge in [-0.05, 0) is 92.5 Å². The number of anilines is 2. The first-order valence-corrected chi connectivity index (χ1v) is 12.4. The highest BCUT2D eigenvalue weighted by atomic mass is 35.5. The molecule has 0 atom stereocenters. The van der Waals surface area contributed by atoms with Crippen molar-refractivity contribution in [2.45, 2.75) is 19.8 Å². The third kappa shape index (κ3) is 5.33. The number of aliphatic imine (C=N–C) groups is 1. The number of nitrogens with one attached hydrogen (secondary N) is 2. The van der Waals surface area contributed by atoms with Gasteiger partial charge in [-0.15, -0.1) is 0 Å². The first kappa shape index (κ1) is 23.8. The van der Waals surface area contributed by atoms with E-state index in [4.69, 9.17) is 27.9 Å². The maximum Gasteiger partial charge on any atom is 0.219 e. The van der Waals surface area contributed by atoms with Gasteiger partial charge in [0.15, 0.2) is 0 Å². The number of nitrogens with zero attached hydrogens (tertiary/aromatic N) is 3. The third-order valence-corrected chi connectivity index (χ3v) is 6.80. The Morgan fingerprint density at radius 1 is 1.06 bits per heavy atom. The van der Waals surface area contributed by atoms with Crippen LogP contribution < -0.4 is 20.7 Å². The standard InChI is InChI=1S/C26H26Cl2N5O2/c1-17-15-18(24-21(27)5-4-6-22(24)28)16-23-25(17)30-26(31-33(23)34)29-19-7-9-20(10-8-19)35-14-13-32-11-2-3-12-32/h4-10,15-16H,2-3,11-14H2,1H3,(H2,29,30,31)/q-1. The number of hydrogen-bond acceptors (Lipinski definition) is 7. The molecule has 182 valence electrons. The molecule has 35 heavy (non-hydrogen) atoms. The van der Waals surface area contributed by atoms with Gasteiger partial charge in [-0.1, -0.05) is 29.3 Å². The SMILES string of the molecule is Cc1cc(-c2c(Cl)cccc2Cl)cc2c1N=C(Nc1ccc(OCCN3CCCC3)cc1)NN2[O-]. The van der Waals surface area contributed by atoms with Crippen LogP contribution in [0.25, 0.3) is 11.1 Å². The van der Waals surface area contributed by atoms with E-state index in [1.165, 1.54) is 12.8 Å². The molecule has 3 aromatic rings. The average molecular weight is 511 g/mol. The number of rotatable bonds is 6. The summed E-state index contributed by atoms with van der Waals surface area (Å²) in [6.07, 6.45) is 2.56. The van der Waals surface area contributed by atoms with Crippen LogP contribution in [0.2, 0.25) is 10.0 Å². The van der Waals surface area contributed by atoms with Gasteiger partial charge in [0, 0.05) is 27.8 Å². The number of aryl methyl sites for hydroxylation is 1. The smallest absolute Gasteiger partial charge is 0.219 e. The lowest BCUT2D eigenvalue weighted by molar-refractivity contribution is 0.238. The molecule has 9 heteroatoms. The minimum absolute atomic E-state index is 0.335. The van der Waals surface area contributed by atoms with Crippen molar-refractivity contribution in [2.24, 2.45) is 4.99 Å². The Morgan fingerprint density at radius 3 is 2.49 bits per heavy atom. The molecule has 7 nitrogen and oxygen atoms in total. The second-order valence-electron chi connectivity index (χ2n) is 8.67. The van der Waals surface area contributed by atoms with Crippen LogP contribution in [0.3, 0.4) is 0 Å². The van der Waals surface area contributed by atoms with E-state index in [1.54, 1.807) is 24.3 Å². The van der Waals surface area contributed by atoms with Gasteiger partial charge in [0.2, 0.25) is 5.96 Å². The van der Waals surface area contributed by atoms with Crippen LogP contribution in [0.4, 0.5) is 17.1 Å². The summed E-state index contributed by atoms with van der Waals surface area (Å²) in [5.74, 6) is 1.15. The summed E-state index contributed by atoms with van der Waals surface area (Å²) in [5.41, 5.74) is 6.78. The number of benzene rings is 3. The number of halogens is 2. The summed E-state index contributed by atoms with van der Waals surface area (Å²) in [6, 6.07) is 16.6. The molecule has 2 N–H and O–H groups in total. The molecule has 0 bridgehead atoms. The van der Waals surface area contributed by atoms with Crippen molar-refractivity contribution in [1.29, 1.82) is 0 Å². The molecule has 0 spiro atoms. The molecule has 2 heterocycles. The lowest BCUT2D eigenvalue weighted by atomic mass is 10.0. The predicted molar refractivity (Wildman–Crippen MR) is 144 cm³/mol. The largest absolute Gasteiger partial charge is 0.739 e. The Labute approximate surface area is 214 Å². The zero-order chi connectivity index (χ0) is 24.4. The van der Waals surface area contributed by atoms with E-state index in [2.05, 4.69) is 20.6 Å². The van der Waals surface area contributed by atoms with E-state index in [0.717, 1.165) is 42.2 Å². The minimum Gasteiger partial charge on any atom is -0.739 e. The highest BCUT2D eigenvalue weighted by Gasteiger charge is 2.19. The first-order chi connectivity index (χ1) is 17.0. The summed E-state index contributed by atoms with van der Waals surface area (Å²) in [7, 11) is 0. The Hall–Kier alpha value is -2.97. The fourth-order valence-electron chi connectivity index (χ4n) is 4.40. The van der Waals surface area contributed by atoms with Gasteiger partial charge in [-0.2, -0.15) is 0 Å². The molecule has 2 aliphatic rings. The molecule has 0 amide bonds. The molecule has 0 aliphatic carbocycles. The van der Waals surface area contributed by atoms with Gasteiger partial charge in [0.25, 0.3) is 0 Å². The molecule has 0 radical (unpaired) electrons. The number of hydrazine groups is 1. The number of hydrogen-bond donors (Lipinski definition) is 2. The summed E-state index contributed by atoms with van der Waals surface area (Å²) in [4.78, 5) is 7.06. The first-order valence-electron chi connectivity index (χ1n) is 11.6. The Morgan fingerprint density at radius 2 is 1.77 bits per heavy atom. The van der Waals surface area contributed by atoms with Crippen LogP contribution in [-0.2, 0) is 0 Å². The fraction of sp³-hybridized carbons (Fsp3) is 0.269. The topological polar surface area (TPSA) is 75.2 Å². The normalized spacial score (nSPS) is 15.4. The van der Waals surface area contributed by atoms with Gasteiger partial charge >= 0.3 is 0 Å². The molecule has 1 fully saturated rings. The van der Waals surface area contributed by atoms with E-state index in [1.807, 2.05) is 37.3 Å². The zero-order valence-electron chi connectivity index (χ0n) is 19.4. The lowest BCUT2D eigenvalue weighted by Crippen LogP contribution is -2.44. The molecular formula is C26H26Cl2N5O2-. The highest BCUT2D eigenvalue weighted by molar-refractivity contribution is 6.39. The second-order valence-corrected chi connectivity index (χ2v) is 9.49. The number of ether oxygens (including phenoxy) is 1. The molecule has 3 aromatic carbocycles. The molecule has 0 aromatic heterocycles. The van der Waals surface area contributed by atoms with Crippen LogP contribution in [0.15, 0.2) is 59.6 Å². The minimum atomic E-state index is 0.335. The van der Waals surface area contributed by atoms with Crippen molar-refractivity contribution in [3.8, 4) is 16.9 Å². The van der Waals surface area contributed by atoms with Crippen molar-refractivity contribution >= 4 is 46.2 Å². The van der Waals surface area contributed by atoms with E-state index in [0.29, 0.717) is 44.7 Å². The van der Waals surface area contributed by atoms with Gasteiger partial charge in [0.1, 0.15) is 12.4 Å². The fourth-order valence-corrected chi connectivity index (χ4v) is 5.01. The van der Waals surface area contributed by atoms with Crippen molar-refractivity contribution in [3.05, 3.63) is 75.4 Å². The summed E-state index contributed by atoms with van der Waals surface area (Å²) < 4.78 is 5.86. The summed E-state index contributed by atoms with van der Waals surface area (Å²) in [5, 5.41) is 17.8. The lowest BCUT2D eigenvalue weighted by Gasteiger charge is -2.37. The van der Waals surface area contributed by atoms with Crippen LogP contribution in [0.5, 0.6) is 5.75 Å². The van der Waals surface area contributed by atoms with Crippen LogP contribution in [0, 0.1) is 12.1 Å². The van der Waals surface area contributed by atoms with Crippen molar-refractivity contribution < 1.29 is 4.74 Å². The van der Waals surface area contributed by atoms with Crippen molar-refractivity contribution in [1.82, 2.24) is 10.3 Å². The molecule has 0 unspecified atom stereocenters. The molecule has 5 rings (SSSR count). The predicted octanol–water partition coefficient (Wildman–Crippen LogP) is 6.37. The van der Waals surface area contributed by atoms with Crippen LogP contribution >= 0.6 is 23.2 Å². The molecule has 0 saturated carbocycles. The van der Waals surface area contributed by atoms with E-state index >= 15 is 0 Å². The number of likely N-dealkylation sites (tertiary alicyclic amines) is 1. The number of guanidine groups is 1. The van der Waals surface area contributed by atoms with E-state index in [9.17, 15) is 5.21 Å². The highest BCUT2D eigenvalue weighted by Crippen LogP contribution is 2.42. The van der Waals surface area contributed by atoms with Crippen molar-refractivity contribution in [3.63, 3.8) is 0 Å². The second kappa shape index (κ2) is 10.3. The van der Waals surface area contributed by atoms with Gasteiger partial charge in [-0.25, -0.2) is 4.99 Å². The maximum absolute atomic E-state index is 12.9. The summed E-state index contributed by atoms with van der Waals surface area (Å²) in [6.45, 7) is 5.85. The van der Waals surface area contributed by atoms with Gasteiger partial charge in [0.05, 0.1) is 11.4 Å². The van der Waals surface area contributed by atoms with Gasteiger partial charge < -0.3 is 20.4 Å². The zero-order valence-corrected chi connectivity index (χ0v) is 20.9. The maximum atomic E-state index is 12.9.